The summed E-state index contributed by atoms with van der Waals surface area (Å²) in [5.74, 6) is -1.37. The highest BCUT2D eigenvalue weighted by molar-refractivity contribution is 5.97. The average molecular weight is 389 g/mol. The van der Waals surface area contributed by atoms with Gasteiger partial charge in [0.2, 0.25) is 0 Å². The summed E-state index contributed by atoms with van der Waals surface area (Å²) in [6.45, 7) is 5.27. The standard InChI is InChI=1S/C22H32N2O4/c1-15(2)20(24-21(26)17-12-10-16(3)11-13-17)22(27)28-14-19(25)23-18-8-6-4-5-7-9-18/h10-13,15,18,20H,4-9,14H2,1-3H3,(H,23,25)(H,24,26). The first-order chi connectivity index (χ1) is 13.4. The molecule has 6 heteroatoms. The van der Waals surface area contributed by atoms with Crippen molar-refractivity contribution in [1.29, 1.82) is 0 Å². The fraction of sp³-hybridized carbons (Fsp3) is 0.591. The SMILES string of the molecule is Cc1ccc(C(=O)NC(C(=O)OCC(=O)NC2CCCCCC2)C(C)C)cc1. The molecule has 28 heavy (non-hydrogen) atoms. The molecule has 1 unspecified atom stereocenters. The number of ether oxygens (including phenoxy) is 1. The van der Waals surface area contributed by atoms with Gasteiger partial charge in [0.25, 0.3) is 11.8 Å². The van der Waals surface area contributed by atoms with Crippen molar-refractivity contribution in [2.24, 2.45) is 5.92 Å². The van der Waals surface area contributed by atoms with E-state index in [-0.39, 0.29) is 30.4 Å². The number of rotatable bonds is 7. The summed E-state index contributed by atoms with van der Waals surface area (Å²) in [6.07, 6.45) is 6.59. The molecule has 2 amide bonds. The van der Waals surface area contributed by atoms with E-state index in [2.05, 4.69) is 10.6 Å². The number of nitrogens with one attached hydrogen (secondary N) is 2. The Morgan fingerprint density at radius 1 is 1.04 bits per heavy atom. The molecule has 2 rings (SSSR count). The highest BCUT2D eigenvalue weighted by atomic mass is 16.5. The monoisotopic (exact) mass is 388 g/mol. The van der Waals surface area contributed by atoms with Crippen molar-refractivity contribution < 1.29 is 19.1 Å². The molecule has 154 valence electrons. The first-order valence-electron chi connectivity index (χ1n) is 10.2. The van der Waals surface area contributed by atoms with Crippen LogP contribution in [0.15, 0.2) is 24.3 Å². The van der Waals surface area contributed by atoms with Crippen LogP contribution in [0.4, 0.5) is 0 Å². The molecule has 0 aliphatic heterocycles. The first kappa shape index (κ1) is 21.9. The highest BCUT2D eigenvalue weighted by Gasteiger charge is 2.27. The van der Waals surface area contributed by atoms with E-state index in [1.54, 1.807) is 12.1 Å². The van der Waals surface area contributed by atoms with Crippen LogP contribution < -0.4 is 10.6 Å². The van der Waals surface area contributed by atoms with Crippen molar-refractivity contribution in [1.82, 2.24) is 10.6 Å². The number of carbonyl (C=O) groups is 3. The zero-order valence-electron chi connectivity index (χ0n) is 17.1. The third-order valence-corrected chi connectivity index (χ3v) is 5.09. The molecule has 1 aliphatic rings. The molecule has 1 fully saturated rings. The highest BCUT2D eigenvalue weighted by Crippen LogP contribution is 2.17. The quantitative estimate of drug-likeness (QED) is 0.555. The maximum atomic E-state index is 12.4. The maximum absolute atomic E-state index is 12.4. The summed E-state index contributed by atoms with van der Waals surface area (Å²) >= 11 is 0. The van der Waals surface area contributed by atoms with Crippen molar-refractivity contribution in [3.63, 3.8) is 0 Å². The molecule has 6 nitrogen and oxygen atoms in total. The van der Waals surface area contributed by atoms with Crippen LogP contribution >= 0.6 is 0 Å². The zero-order valence-corrected chi connectivity index (χ0v) is 17.1. The van der Waals surface area contributed by atoms with E-state index in [1.165, 1.54) is 12.8 Å². The van der Waals surface area contributed by atoms with Crippen LogP contribution in [0.3, 0.4) is 0 Å². The van der Waals surface area contributed by atoms with Gasteiger partial charge in [-0.3, -0.25) is 9.59 Å². The van der Waals surface area contributed by atoms with E-state index in [0.29, 0.717) is 5.56 Å². The molecule has 0 saturated heterocycles. The minimum Gasteiger partial charge on any atom is -0.454 e. The Morgan fingerprint density at radius 3 is 2.21 bits per heavy atom. The first-order valence-corrected chi connectivity index (χ1v) is 10.2. The molecular weight excluding hydrogens is 356 g/mol. The van der Waals surface area contributed by atoms with Crippen molar-refractivity contribution in [3.05, 3.63) is 35.4 Å². The van der Waals surface area contributed by atoms with Crippen LogP contribution in [0, 0.1) is 12.8 Å². The summed E-state index contributed by atoms with van der Waals surface area (Å²) < 4.78 is 5.19. The Hall–Kier alpha value is -2.37. The van der Waals surface area contributed by atoms with Crippen LogP contribution in [0.1, 0.15) is 68.3 Å². The maximum Gasteiger partial charge on any atom is 0.329 e. The van der Waals surface area contributed by atoms with Gasteiger partial charge in [0.15, 0.2) is 6.61 Å². The number of hydrogen-bond acceptors (Lipinski definition) is 4. The fourth-order valence-corrected chi connectivity index (χ4v) is 3.35. The molecular formula is C22H32N2O4. The molecule has 0 heterocycles. The Labute approximate surface area is 167 Å². The molecule has 2 N–H and O–H groups in total. The average Bonchev–Trinajstić information content (AvgIpc) is 2.93. The number of carbonyl (C=O) groups excluding carboxylic acids is 3. The third-order valence-electron chi connectivity index (χ3n) is 5.09. The van der Waals surface area contributed by atoms with Crippen molar-refractivity contribution >= 4 is 17.8 Å². The molecule has 1 aromatic carbocycles. The summed E-state index contributed by atoms with van der Waals surface area (Å²) in [7, 11) is 0. The summed E-state index contributed by atoms with van der Waals surface area (Å²) in [4.78, 5) is 37.0. The van der Waals surface area contributed by atoms with Crippen molar-refractivity contribution in [2.75, 3.05) is 6.61 Å². The number of aryl methyl sites for hydroxylation is 1. The van der Waals surface area contributed by atoms with Gasteiger partial charge < -0.3 is 15.4 Å². The summed E-state index contributed by atoms with van der Waals surface area (Å²) in [6, 6.07) is 6.47. The lowest BCUT2D eigenvalue weighted by molar-refractivity contribution is -0.151. The lowest BCUT2D eigenvalue weighted by Crippen LogP contribution is -2.46. The third kappa shape index (κ3) is 6.98. The number of esters is 1. The Kier molecular flexibility index (Phi) is 8.48. The largest absolute Gasteiger partial charge is 0.454 e. The molecule has 0 aromatic heterocycles. The van der Waals surface area contributed by atoms with E-state index >= 15 is 0 Å². The molecule has 1 atom stereocenters. The van der Waals surface area contributed by atoms with E-state index in [0.717, 1.165) is 31.2 Å². The minimum absolute atomic E-state index is 0.160. The summed E-state index contributed by atoms with van der Waals surface area (Å²) in [5.41, 5.74) is 1.53. The van der Waals surface area contributed by atoms with Crippen LogP contribution in [0.5, 0.6) is 0 Å². The van der Waals surface area contributed by atoms with Crippen molar-refractivity contribution in [3.8, 4) is 0 Å². The smallest absolute Gasteiger partial charge is 0.329 e. The number of hydrogen-bond donors (Lipinski definition) is 2. The van der Waals surface area contributed by atoms with E-state index in [4.69, 9.17) is 4.74 Å². The van der Waals surface area contributed by atoms with Gasteiger partial charge in [-0.25, -0.2) is 4.79 Å². The van der Waals surface area contributed by atoms with Crippen LogP contribution in [-0.2, 0) is 14.3 Å². The number of benzene rings is 1. The topological polar surface area (TPSA) is 84.5 Å². The predicted molar refractivity (Wildman–Crippen MR) is 108 cm³/mol. The van der Waals surface area contributed by atoms with Gasteiger partial charge in [-0.2, -0.15) is 0 Å². The molecule has 1 aromatic rings. The van der Waals surface area contributed by atoms with Gasteiger partial charge in [0.05, 0.1) is 0 Å². The van der Waals surface area contributed by atoms with Crippen LogP contribution in [0.2, 0.25) is 0 Å². The second kappa shape index (κ2) is 10.8. The van der Waals surface area contributed by atoms with Gasteiger partial charge in [0, 0.05) is 11.6 Å². The molecule has 0 bridgehead atoms. The second-order valence-corrected chi connectivity index (χ2v) is 7.92. The summed E-state index contributed by atoms with van der Waals surface area (Å²) in [5, 5.41) is 5.67. The van der Waals surface area contributed by atoms with E-state index in [1.807, 2.05) is 32.9 Å². The van der Waals surface area contributed by atoms with Gasteiger partial charge >= 0.3 is 5.97 Å². The normalized spacial score (nSPS) is 16.1. The number of amides is 2. The van der Waals surface area contributed by atoms with Gasteiger partial charge in [-0.1, -0.05) is 57.2 Å². The van der Waals surface area contributed by atoms with E-state index in [9.17, 15) is 14.4 Å². The zero-order chi connectivity index (χ0) is 20.5. The lowest BCUT2D eigenvalue weighted by Gasteiger charge is -2.21. The Bertz CT molecular complexity index is 662. The molecule has 0 radical (unpaired) electrons. The minimum atomic E-state index is -0.806. The van der Waals surface area contributed by atoms with E-state index < -0.39 is 12.0 Å². The van der Waals surface area contributed by atoms with Crippen molar-refractivity contribution in [2.45, 2.75) is 71.4 Å². The van der Waals surface area contributed by atoms with Gasteiger partial charge in [0.1, 0.15) is 6.04 Å². The fourth-order valence-electron chi connectivity index (χ4n) is 3.35. The molecule has 1 aliphatic carbocycles. The predicted octanol–water partition coefficient (Wildman–Crippen LogP) is 3.13. The molecule has 1 saturated carbocycles. The van der Waals surface area contributed by atoms with Gasteiger partial charge in [-0.05, 0) is 37.8 Å². The Morgan fingerprint density at radius 2 is 1.64 bits per heavy atom. The second-order valence-electron chi connectivity index (χ2n) is 7.92. The Balaban J connectivity index is 1.85. The van der Waals surface area contributed by atoms with Crippen LogP contribution in [-0.4, -0.2) is 36.5 Å². The van der Waals surface area contributed by atoms with Gasteiger partial charge in [-0.15, -0.1) is 0 Å². The lowest BCUT2D eigenvalue weighted by atomic mass is 10.0. The van der Waals surface area contributed by atoms with Crippen LogP contribution in [0.25, 0.3) is 0 Å². The molecule has 0 spiro atoms.